The van der Waals surface area contributed by atoms with Crippen LogP contribution in [0.2, 0.25) is 0 Å². The van der Waals surface area contributed by atoms with Crippen LogP contribution in [0.15, 0.2) is 24.5 Å². The zero-order chi connectivity index (χ0) is 8.97. The lowest BCUT2D eigenvalue weighted by molar-refractivity contribution is -0.711. The van der Waals surface area contributed by atoms with Crippen LogP contribution >= 0.6 is 0 Å². The van der Waals surface area contributed by atoms with Crippen LogP contribution in [0.1, 0.15) is 10.4 Å². The Hall–Kier alpha value is -1.42. The van der Waals surface area contributed by atoms with Crippen LogP contribution in [0.25, 0.3) is 0 Å². The molecule has 1 amide bonds. The van der Waals surface area contributed by atoms with E-state index in [0.717, 1.165) is 13.1 Å². The number of carbonyl (C=O) groups is 1. The van der Waals surface area contributed by atoms with Crippen molar-refractivity contribution in [3.8, 4) is 0 Å². The van der Waals surface area contributed by atoms with Crippen molar-refractivity contribution in [3.63, 3.8) is 0 Å². The minimum atomic E-state index is -0.395. The molecule has 4 heteroatoms. The Bertz CT molecular complexity index is 285. The lowest BCUT2D eigenvalue weighted by Gasteiger charge is -1.94. The topological polar surface area (TPSA) is 74.6 Å². The van der Waals surface area contributed by atoms with Gasteiger partial charge in [0, 0.05) is 6.07 Å². The fourth-order valence-corrected chi connectivity index (χ4v) is 0.989. The smallest absolute Gasteiger partial charge is 0.254 e. The van der Waals surface area contributed by atoms with Crippen molar-refractivity contribution in [2.24, 2.45) is 5.73 Å². The van der Waals surface area contributed by atoms with Gasteiger partial charge < -0.3 is 11.5 Å². The number of rotatable bonds is 3. The minimum Gasteiger partial charge on any atom is -0.365 e. The number of primary amides is 1. The molecule has 0 aliphatic heterocycles. The number of aromatic nitrogens is 1. The number of amides is 1. The van der Waals surface area contributed by atoms with Gasteiger partial charge in [0.15, 0.2) is 18.9 Å². The molecular formula is C8H13N3O+2. The highest BCUT2D eigenvalue weighted by atomic mass is 16.1. The van der Waals surface area contributed by atoms with E-state index in [4.69, 9.17) is 5.73 Å². The molecule has 1 rings (SSSR count). The number of hydrogen-bond donors (Lipinski definition) is 2. The third-order valence-corrected chi connectivity index (χ3v) is 1.56. The highest BCUT2D eigenvalue weighted by molar-refractivity contribution is 5.92. The van der Waals surface area contributed by atoms with E-state index in [-0.39, 0.29) is 0 Å². The lowest BCUT2D eigenvalue weighted by atomic mass is 10.3. The molecule has 12 heavy (non-hydrogen) atoms. The lowest BCUT2D eigenvalue weighted by Crippen LogP contribution is -2.56. The second-order valence-electron chi connectivity index (χ2n) is 2.55. The molecule has 4 nitrogen and oxygen atoms in total. The van der Waals surface area contributed by atoms with Gasteiger partial charge in [-0.15, -0.1) is 0 Å². The van der Waals surface area contributed by atoms with Crippen LogP contribution in [0.5, 0.6) is 0 Å². The third-order valence-electron chi connectivity index (χ3n) is 1.56. The van der Waals surface area contributed by atoms with Gasteiger partial charge in [-0.1, -0.05) is 0 Å². The monoisotopic (exact) mass is 167 g/mol. The number of hydrogen-bond acceptors (Lipinski definition) is 1. The molecule has 1 aromatic rings. The Labute approximate surface area is 70.8 Å². The van der Waals surface area contributed by atoms with E-state index in [2.05, 4.69) is 5.73 Å². The van der Waals surface area contributed by atoms with Gasteiger partial charge in [-0.2, -0.15) is 4.57 Å². The molecule has 64 valence electrons. The van der Waals surface area contributed by atoms with Crippen LogP contribution in [0.4, 0.5) is 0 Å². The fraction of sp³-hybridized carbons (Fsp3) is 0.250. The predicted molar refractivity (Wildman–Crippen MR) is 42.9 cm³/mol. The van der Waals surface area contributed by atoms with Gasteiger partial charge in [0.2, 0.25) is 0 Å². The highest BCUT2D eigenvalue weighted by Gasteiger charge is 2.05. The van der Waals surface area contributed by atoms with E-state index in [1.807, 2.05) is 10.8 Å². The molecular weight excluding hydrogens is 154 g/mol. The van der Waals surface area contributed by atoms with Crippen molar-refractivity contribution in [2.45, 2.75) is 6.54 Å². The number of nitrogens with two attached hydrogens (primary N) is 1. The second-order valence-corrected chi connectivity index (χ2v) is 2.55. The Kier molecular flexibility index (Phi) is 2.76. The molecule has 0 spiro atoms. The first-order chi connectivity index (χ1) is 5.74. The van der Waals surface area contributed by atoms with Gasteiger partial charge in [-0.05, 0) is 6.07 Å². The highest BCUT2D eigenvalue weighted by Crippen LogP contribution is 1.90. The summed E-state index contributed by atoms with van der Waals surface area (Å²) in [4.78, 5) is 10.8. The first kappa shape index (κ1) is 8.67. The molecule has 5 N–H and O–H groups in total. The van der Waals surface area contributed by atoms with Crippen molar-refractivity contribution < 1.29 is 15.1 Å². The van der Waals surface area contributed by atoms with Crippen LogP contribution in [-0.4, -0.2) is 12.5 Å². The molecule has 1 aromatic heterocycles. The van der Waals surface area contributed by atoms with E-state index in [1.165, 1.54) is 0 Å². The minimum absolute atomic E-state index is 0.395. The van der Waals surface area contributed by atoms with Crippen molar-refractivity contribution >= 4 is 5.91 Å². The largest absolute Gasteiger partial charge is 0.365 e. The van der Waals surface area contributed by atoms with Crippen molar-refractivity contribution in [1.29, 1.82) is 0 Å². The van der Waals surface area contributed by atoms with Crippen molar-refractivity contribution in [2.75, 3.05) is 6.54 Å². The maximum atomic E-state index is 10.8. The molecule has 0 atom stereocenters. The standard InChI is InChI=1S/C8H11N3O/c9-3-5-11-4-1-2-7(6-11)8(10)12/h1-2,4,6H,3,5,9H2,(H-,10,12)/p+2. The average Bonchev–Trinajstić information content (AvgIpc) is 2.05. The summed E-state index contributed by atoms with van der Waals surface area (Å²) in [7, 11) is 0. The molecule has 0 unspecified atom stereocenters. The third kappa shape index (κ3) is 2.03. The molecule has 0 bridgehead atoms. The Morgan fingerprint density at radius 3 is 3.00 bits per heavy atom. The van der Waals surface area contributed by atoms with Gasteiger partial charge in [0.1, 0.15) is 12.1 Å². The van der Waals surface area contributed by atoms with Crippen molar-refractivity contribution in [3.05, 3.63) is 30.1 Å². The quantitative estimate of drug-likeness (QED) is 0.518. The summed E-state index contributed by atoms with van der Waals surface area (Å²) in [6, 6.07) is 3.50. The van der Waals surface area contributed by atoms with Gasteiger partial charge in [-0.3, -0.25) is 4.79 Å². The van der Waals surface area contributed by atoms with Crippen LogP contribution in [0.3, 0.4) is 0 Å². The van der Waals surface area contributed by atoms with E-state index in [9.17, 15) is 4.79 Å². The Morgan fingerprint density at radius 2 is 2.42 bits per heavy atom. The molecule has 0 saturated heterocycles. The van der Waals surface area contributed by atoms with E-state index in [0.29, 0.717) is 5.56 Å². The number of pyridine rings is 1. The summed E-state index contributed by atoms with van der Waals surface area (Å²) in [5.74, 6) is -0.395. The summed E-state index contributed by atoms with van der Waals surface area (Å²) in [5.41, 5.74) is 9.36. The zero-order valence-electron chi connectivity index (χ0n) is 6.86. The van der Waals surface area contributed by atoms with E-state index < -0.39 is 5.91 Å². The van der Waals surface area contributed by atoms with Gasteiger partial charge >= 0.3 is 0 Å². The van der Waals surface area contributed by atoms with E-state index in [1.54, 1.807) is 18.3 Å². The van der Waals surface area contributed by atoms with Gasteiger partial charge in [0.05, 0.1) is 0 Å². The normalized spacial score (nSPS) is 9.75. The zero-order valence-corrected chi connectivity index (χ0v) is 6.86. The fourth-order valence-electron chi connectivity index (χ4n) is 0.989. The van der Waals surface area contributed by atoms with Gasteiger partial charge in [0.25, 0.3) is 5.91 Å². The van der Waals surface area contributed by atoms with Gasteiger partial charge in [-0.25, -0.2) is 0 Å². The predicted octanol–water partition coefficient (Wildman–Crippen LogP) is -1.69. The summed E-state index contributed by atoms with van der Waals surface area (Å²) in [6.07, 6.45) is 3.62. The Morgan fingerprint density at radius 1 is 1.67 bits per heavy atom. The average molecular weight is 167 g/mol. The summed E-state index contributed by atoms with van der Waals surface area (Å²) in [6.45, 7) is 1.61. The number of nitrogens with zero attached hydrogens (tertiary/aromatic N) is 1. The maximum Gasteiger partial charge on any atom is 0.254 e. The number of carbonyl (C=O) groups excluding carboxylic acids is 1. The molecule has 0 fully saturated rings. The van der Waals surface area contributed by atoms with E-state index >= 15 is 0 Å². The Balaban J connectivity index is 2.88. The maximum absolute atomic E-state index is 10.8. The molecule has 0 aromatic carbocycles. The molecule has 0 aliphatic carbocycles. The molecule has 0 radical (unpaired) electrons. The summed E-state index contributed by atoms with van der Waals surface area (Å²) >= 11 is 0. The summed E-state index contributed by atoms with van der Waals surface area (Å²) in [5, 5.41) is 0. The molecule has 1 heterocycles. The molecule has 0 aliphatic rings. The first-order valence-corrected chi connectivity index (χ1v) is 3.82. The van der Waals surface area contributed by atoms with Crippen LogP contribution < -0.4 is 16.0 Å². The van der Waals surface area contributed by atoms with Crippen molar-refractivity contribution in [1.82, 2.24) is 0 Å². The summed E-state index contributed by atoms with van der Waals surface area (Å²) < 4.78 is 1.90. The molecule has 0 saturated carbocycles. The SMILES string of the molecule is NC(=O)c1ccc[n+](CC[NH3+])c1. The number of quaternary nitrogens is 1. The first-order valence-electron chi connectivity index (χ1n) is 3.82. The second kappa shape index (κ2) is 3.82. The van der Waals surface area contributed by atoms with Crippen LogP contribution in [0, 0.1) is 0 Å². The van der Waals surface area contributed by atoms with Crippen LogP contribution in [-0.2, 0) is 6.54 Å².